The lowest BCUT2D eigenvalue weighted by Crippen LogP contribution is -2.67. The van der Waals surface area contributed by atoms with E-state index in [0.29, 0.717) is 12.6 Å². The predicted molar refractivity (Wildman–Crippen MR) is 124 cm³/mol. The van der Waals surface area contributed by atoms with E-state index in [-0.39, 0.29) is 6.04 Å². The second-order valence-corrected chi connectivity index (χ2v) is 9.14. The Morgan fingerprint density at radius 2 is 1.88 bits per heavy atom. The van der Waals surface area contributed by atoms with Gasteiger partial charge in [0.15, 0.2) is 0 Å². The monoisotopic (exact) mass is 447 g/mol. The largest absolute Gasteiger partial charge is 0.351 e. The third-order valence-electron chi connectivity index (χ3n) is 6.93. The van der Waals surface area contributed by atoms with E-state index in [0.717, 1.165) is 40.9 Å². The summed E-state index contributed by atoms with van der Waals surface area (Å²) in [6.07, 6.45) is 13.4. The van der Waals surface area contributed by atoms with Crippen molar-refractivity contribution in [2.45, 2.75) is 58.2 Å². The summed E-state index contributed by atoms with van der Waals surface area (Å²) in [5.74, 6) is 0. The van der Waals surface area contributed by atoms with Crippen LogP contribution in [0.3, 0.4) is 0 Å². The van der Waals surface area contributed by atoms with E-state index in [1.54, 1.807) is 17.3 Å². The molecule has 0 saturated carbocycles. The zero-order chi connectivity index (χ0) is 23.3. The number of rotatable bonds is 6. The highest BCUT2D eigenvalue weighted by molar-refractivity contribution is 5.78. The Morgan fingerprint density at radius 3 is 2.58 bits per heavy atom. The van der Waals surface area contributed by atoms with Gasteiger partial charge in [-0.15, -0.1) is 0 Å². The van der Waals surface area contributed by atoms with Gasteiger partial charge in [0.05, 0.1) is 59.3 Å². The van der Waals surface area contributed by atoms with E-state index < -0.39 is 11.6 Å². The van der Waals surface area contributed by atoms with Crippen LogP contribution in [0.2, 0.25) is 0 Å². The van der Waals surface area contributed by atoms with Gasteiger partial charge in [0, 0.05) is 30.1 Å². The lowest BCUT2D eigenvalue weighted by atomic mass is 9.83. The van der Waals surface area contributed by atoms with E-state index in [4.69, 9.17) is 10.7 Å². The summed E-state index contributed by atoms with van der Waals surface area (Å²) in [5, 5.41) is 13.6. The number of hydrogen-bond donors (Lipinski definition) is 1. The van der Waals surface area contributed by atoms with Gasteiger partial charge in [0.1, 0.15) is 0 Å². The second kappa shape index (κ2) is 7.72. The van der Waals surface area contributed by atoms with Crippen molar-refractivity contribution < 1.29 is 4.79 Å². The summed E-state index contributed by atoms with van der Waals surface area (Å²) in [6.45, 7) is 8.88. The molecule has 1 saturated heterocycles. The fourth-order valence-corrected chi connectivity index (χ4v) is 4.72. The quantitative estimate of drug-likeness (QED) is 0.486. The van der Waals surface area contributed by atoms with E-state index in [1.807, 2.05) is 52.4 Å². The number of urea groups is 1. The first kappa shape index (κ1) is 21.2. The maximum Gasteiger partial charge on any atom is 0.315 e. The normalized spacial score (nSPS) is 17.6. The zero-order valence-electron chi connectivity index (χ0n) is 19.4. The van der Waals surface area contributed by atoms with Crippen LogP contribution in [0.15, 0.2) is 43.2 Å². The standard InChI is InChI=1S/C23H29N9O/c1-5-17(6-2)30-12-16(10-26-30)21-19-7-8-25-31(19)13-18(28-21)15-9-27-32(11-15)20-14-29(22(24)33)23(20,3)4/h7-13,17,20H,5-6,14H2,1-4H3,(H2,24,33). The molecule has 1 unspecified atom stereocenters. The Hall–Kier alpha value is -3.69. The van der Waals surface area contributed by atoms with Gasteiger partial charge in [-0.2, -0.15) is 15.3 Å². The number of fused-ring (bicyclic) bond motifs is 1. The van der Waals surface area contributed by atoms with Crippen LogP contribution in [0.5, 0.6) is 0 Å². The lowest BCUT2D eigenvalue weighted by Gasteiger charge is -2.53. The molecule has 1 aliphatic heterocycles. The summed E-state index contributed by atoms with van der Waals surface area (Å²) in [5.41, 5.74) is 9.46. The Morgan fingerprint density at radius 1 is 1.12 bits per heavy atom. The number of primary amides is 1. The summed E-state index contributed by atoms with van der Waals surface area (Å²) in [6, 6.07) is 1.96. The highest BCUT2D eigenvalue weighted by atomic mass is 16.2. The van der Waals surface area contributed by atoms with Crippen molar-refractivity contribution in [3.8, 4) is 22.5 Å². The lowest BCUT2D eigenvalue weighted by molar-refractivity contribution is -0.0118. The van der Waals surface area contributed by atoms with Gasteiger partial charge in [0.2, 0.25) is 0 Å². The van der Waals surface area contributed by atoms with Crippen LogP contribution < -0.4 is 5.73 Å². The molecule has 5 heterocycles. The molecule has 33 heavy (non-hydrogen) atoms. The van der Waals surface area contributed by atoms with Gasteiger partial charge >= 0.3 is 6.03 Å². The number of nitrogens with zero attached hydrogens (tertiary/aromatic N) is 8. The van der Waals surface area contributed by atoms with Crippen LogP contribution in [0.1, 0.15) is 52.6 Å². The number of aromatic nitrogens is 7. The molecule has 1 aliphatic rings. The Balaban J connectivity index is 1.51. The minimum absolute atomic E-state index is 0.0462. The average molecular weight is 448 g/mol. The molecule has 10 nitrogen and oxygen atoms in total. The average Bonchev–Trinajstić information content (AvgIpc) is 3.53. The van der Waals surface area contributed by atoms with E-state index in [1.165, 1.54) is 0 Å². The fraction of sp³-hybridized carbons (Fsp3) is 0.435. The van der Waals surface area contributed by atoms with Crippen molar-refractivity contribution in [1.29, 1.82) is 0 Å². The summed E-state index contributed by atoms with van der Waals surface area (Å²) < 4.78 is 5.76. The third-order valence-corrected chi connectivity index (χ3v) is 6.93. The number of carbonyl (C=O) groups excluding carboxylic acids is 1. The van der Waals surface area contributed by atoms with Gasteiger partial charge in [0.25, 0.3) is 0 Å². The predicted octanol–water partition coefficient (Wildman–Crippen LogP) is 3.53. The molecule has 2 amide bonds. The Bertz CT molecular complexity index is 1310. The minimum Gasteiger partial charge on any atom is -0.351 e. The van der Waals surface area contributed by atoms with E-state index in [9.17, 15) is 4.79 Å². The summed E-state index contributed by atoms with van der Waals surface area (Å²) in [7, 11) is 0. The molecule has 2 N–H and O–H groups in total. The fourth-order valence-electron chi connectivity index (χ4n) is 4.72. The van der Waals surface area contributed by atoms with Crippen molar-refractivity contribution >= 4 is 11.5 Å². The Labute approximate surface area is 192 Å². The molecule has 0 aliphatic carbocycles. The smallest absolute Gasteiger partial charge is 0.315 e. The maximum absolute atomic E-state index is 11.6. The topological polar surface area (TPSA) is 112 Å². The van der Waals surface area contributed by atoms with Crippen LogP contribution in [-0.4, -0.2) is 57.2 Å². The number of carbonyl (C=O) groups is 1. The van der Waals surface area contributed by atoms with Crippen LogP contribution >= 0.6 is 0 Å². The van der Waals surface area contributed by atoms with E-state index in [2.05, 4.69) is 35.3 Å². The molecule has 172 valence electrons. The third kappa shape index (κ3) is 3.37. The van der Waals surface area contributed by atoms with Crippen molar-refractivity contribution in [3.05, 3.63) is 43.2 Å². The first-order valence-electron chi connectivity index (χ1n) is 11.3. The van der Waals surface area contributed by atoms with Crippen molar-refractivity contribution in [2.24, 2.45) is 5.73 Å². The first-order valence-corrected chi connectivity index (χ1v) is 11.3. The molecular formula is C23H29N9O. The molecule has 4 aromatic rings. The van der Waals surface area contributed by atoms with Gasteiger partial charge in [-0.3, -0.25) is 9.36 Å². The highest BCUT2D eigenvalue weighted by Crippen LogP contribution is 2.39. The van der Waals surface area contributed by atoms with Crippen molar-refractivity contribution in [3.63, 3.8) is 0 Å². The van der Waals surface area contributed by atoms with Crippen LogP contribution in [0.25, 0.3) is 28.0 Å². The first-order chi connectivity index (χ1) is 15.8. The van der Waals surface area contributed by atoms with Gasteiger partial charge in [-0.05, 0) is 32.8 Å². The number of likely N-dealkylation sites (tertiary alicyclic amines) is 1. The molecule has 0 radical (unpaired) electrons. The number of nitrogens with two attached hydrogens (primary N) is 1. The van der Waals surface area contributed by atoms with Crippen molar-refractivity contribution in [2.75, 3.05) is 6.54 Å². The molecular weight excluding hydrogens is 418 g/mol. The summed E-state index contributed by atoms with van der Waals surface area (Å²) in [4.78, 5) is 18.3. The number of amides is 2. The Kier molecular flexibility index (Phi) is 4.95. The molecule has 0 aromatic carbocycles. The second-order valence-electron chi connectivity index (χ2n) is 9.14. The van der Waals surface area contributed by atoms with Gasteiger partial charge in [-0.1, -0.05) is 13.8 Å². The maximum atomic E-state index is 11.6. The molecule has 1 fully saturated rings. The van der Waals surface area contributed by atoms with Gasteiger partial charge < -0.3 is 10.6 Å². The molecule has 5 rings (SSSR count). The molecule has 10 heteroatoms. The van der Waals surface area contributed by atoms with Gasteiger partial charge in [-0.25, -0.2) is 14.3 Å². The van der Waals surface area contributed by atoms with Crippen LogP contribution in [0.4, 0.5) is 4.79 Å². The van der Waals surface area contributed by atoms with Crippen molar-refractivity contribution in [1.82, 2.24) is 39.1 Å². The zero-order valence-corrected chi connectivity index (χ0v) is 19.4. The molecule has 0 bridgehead atoms. The molecule has 0 spiro atoms. The van der Waals surface area contributed by atoms with Crippen LogP contribution in [0, 0.1) is 0 Å². The highest BCUT2D eigenvalue weighted by Gasteiger charge is 2.49. The SMILES string of the molecule is CCC(CC)n1cc(-c2nc(-c3cnn(C4CN(C(N)=O)C4(C)C)c3)cn3nccc23)cn1. The number of hydrogen-bond acceptors (Lipinski definition) is 5. The molecule has 4 aromatic heterocycles. The summed E-state index contributed by atoms with van der Waals surface area (Å²) >= 11 is 0. The minimum atomic E-state index is -0.409. The van der Waals surface area contributed by atoms with Crippen LogP contribution in [-0.2, 0) is 0 Å². The van der Waals surface area contributed by atoms with E-state index >= 15 is 0 Å². The molecule has 1 atom stereocenters.